The van der Waals surface area contributed by atoms with E-state index in [-0.39, 0.29) is 56.1 Å². The van der Waals surface area contributed by atoms with Crippen molar-refractivity contribution in [2.75, 3.05) is 79.3 Å². The molecule has 9 rings (SSSR count). The Morgan fingerprint density at radius 2 is 1.10 bits per heavy atom. The van der Waals surface area contributed by atoms with Crippen molar-refractivity contribution in [1.29, 1.82) is 0 Å². The standard InChI is InChI=1S/C14H18O3.C11H18O6.C8H12O4.C7H12O2.C6H8O4.C6H8O2.C4H4O4/c15-14-7-6-13(8-9-17-14)11-16-10-12-4-2-1-3-5-12;1-11(6-12,7-13)10(15)17-8-2-3-9(14)16-5-4-8;9-7-1-2-8(3-4-10-7)11-5-6-12-8;1-6-2-3-7(8)9-5-4-6;1-3-5(7)10-4(2)6(8)9-3;7-6-4-2-1-3-5-8-6;5-3-1-7-4(6)2-8-3/h1-5,13H,6-11H2;8,12-13H,2-7H2,1H3;1-6H2;6H,2-5H2,1H3;3-4H,1-2H3;1-2H,3-5H2;1-2H2. The molecule has 7 fully saturated rings. The third-order valence-corrected chi connectivity index (χ3v) is 12.8. The normalized spacial score (nSPS) is 24.3. The Bertz CT molecular complexity index is 2120. The fourth-order valence-corrected chi connectivity index (χ4v) is 7.50. The lowest BCUT2D eigenvalue weighted by Crippen LogP contribution is -2.40. The molecule has 0 amide bonds. The average Bonchev–Trinajstić information content (AvgIpc) is 3.80. The number of cyclic esters (lactones) is 9. The minimum Gasteiger partial charge on any atom is -0.466 e. The summed E-state index contributed by atoms with van der Waals surface area (Å²) in [6, 6.07) is 10.1. The Hall–Kier alpha value is -6.54. The number of ether oxygens (including phenoxy) is 13. The van der Waals surface area contributed by atoms with Gasteiger partial charge in [0.15, 0.2) is 31.2 Å². The van der Waals surface area contributed by atoms with Crippen molar-refractivity contribution in [2.24, 2.45) is 17.3 Å². The van der Waals surface area contributed by atoms with Gasteiger partial charge in [-0.1, -0.05) is 49.4 Å². The lowest BCUT2D eigenvalue weighted by Gasteiger charge is -2.25. The van der Waals surface area contributed by atoms with Crippen LogP contribution < -0.4 is 0 Å². The number of hydrogen-bond acceptors (Lipinski definition) is 25. The van der Waals surface area contributed by atoms with Crippen LogP contribution in [-0.4, -0.2) is 173 Å². The topological polar surface area (TPSA) is 331 Å². The molecule has 0 bridgehead atoms. The molecule has 5 atom stereocenters. The van der Waals surface area contributed by atoms with Gasteiger partial charge in [0.25, 0.3) is 0 Å². The van der Waals surface area contributed by atoms with Crippen LogP contribution >= 0.6 is 0 Å². The Balaban J connectivity index is 0.000000253. The number of carbonyl (C=O) groups is 10. The van der Waals surface area contributed by atoms with Gasteiger partial charge in [-0.05, 0) is 76.7 Å². The number of esters is 10. The quantitative estimate of drug-likeness (QED) is 0.212. The predicted octanol–water partition coefficient (Wildman–Crippen LogP) is 3.80. The monoisotopic (exact) mass is 1150 g/mol. The molecule has 25 heteroatoms. The molecule has 0 radical (unpaired) electrons. The smallest absolute Gasteiger partial charge is 0.347 e. The van der Waals surface area contributed by atoms with Gasteiger partial charge in [0, 0.05) is 45.1 Å². The number of aliphatic hydroxyl groups is 2. The van der Waals surface area contributed by atoms with Crippen LogP contribution in [0.1, 0.15) is 123 Å². The second-order valence-corrected chi connectivity index (χ2v) is 19.8. The van der Waals surface area contributed by atoms with Gasteiger partial charge in [-0.25, -0.2) is 19.2 Å². The second-order valence-electron chi connectivity index (χ2n) is 19.8. The molecular weight excluding hydrogens is 1070 g/mol. The first-order valence-corrected chi connectivity index (χ1v) is 27.2. The lowest BCUT2D eigenvalue weighted by atomic mass is 9.93. The van der Waals surface area contributed by atoms with E-state index in [1.807, 2.05) is 30.4 Å². The summed E-state index contributed by atoms with van der Waals surface area (Å²) in [6.45, 7) is 10.1. The van der Waals surface area contributed by atoms with E-state index < -0.39 is 72.6 Å². The summed E-state index contributed by atoms with van der Waals surface area (Å²) in [5.74, 6) is -2.63. The first-order valence-electron chi connectivity index (χ1n) is 27.2. The molecule has 8 aliphatic heterocycles. The van der Waals surface area contributed by atoms with Gasteiger partial charge >= 0.3 is 59.7 Å². The third-order valence-electron chi connectivity index (χ3n) is 12.8. The summed E-state index contributed by atoms with van der Waals surface area (Å²) < 4.78 is 63.8. The van der Waals surface area contributed by atoms with Gasteiger partial charge in [0.2, 0.25) is 0 Å². The molecule has 2 N–H and O–H groups in total. The first kappa shape index (κ1) is 68.7. The maximum Gasteiger partial charge on any atom is 0.347 e. The van der Waals surface area contributed by atoms with E-state index in [9.17, 15) is 47.9 Å². The molecule has 0 aromatic heterocycles. The van der Waals surface area contributed by atoms with Crippen molar-refractivity contribution in [2.45, 2.75) is 148 Å². The highest BCUT2D eigenvalue weighted by atomic mass is 16.7. The van der Waals surface area contributed by atoms with E-state index >= 15 is 0 Å². The van der Waals surface area contributed by atoms with E-state index in [1.54, 1.807) is 0 Å². The maximum absolute atomic E-state index is 11.7. The summed E-state index contributed by atoms with van der Waals surface area (Å²) in [7, 11) is 0. The molecule has 454 valence electrons. The Morgan fingerprint density at radius 1 is 0.568 bits per heavy atom. The molecule has 1 aromatic rings. The molecule has 0 aliphatic carbocycles. The zero-order chi connectivity index (χ0) is 59.5. The highest BCUT2D eigenvalue weighted by Crippen LogP contribution is 2.31. The summed E-state index contributed by atoms with van der Waals surface area (Å²) in [6.07, 6.45) is 11.0. The average molecular weight is 1150 g/mol. The highest BCUT2D eigenvalue weighted by molar-refractivity contribution is 5.87. The highest BCUT2D eigenvalue weighted by Gasteiger charge is 2.39. The number of hydrogen-bond donors (Lipinski definition) is 2. The second kappa shape index (κ2) is 38.2. The van der Waals surface area contributed by atoms with Crippen molar-refractivity contribution < 1.29 is 120 Å². The third kappa shape index (κ3) is 29.1. The predicted molar refractivity (Wildman–Crippen MR) is 277 cm³/mol. The zero-order valence-electron chi connectivity index (χ0n) is 46.8. The van der Waals surface area contributed by atoms with Gasteiger partial charge in [-0.3, -0.25) is 28.8 Å². The molecule has 25 nitrogen and oxygen atoms in total. The van der Waals surface area contributed by atoms with Crippen molar-refractivity contribution in [3.8, 4) is 0 Å². The van der Waals surface area contributed by atoms with Crippen LogP contribution in [0.15, 0.2) is 42.5 Å². The maximum atomic E-state index is 11.7. The fourth-order valence-electron chi connectivity index (χ4n) is 7.50. The lowest BCUT2D eigenvalue weighted by molar-refractivity contribution is -0.191. The molecule has 5 unspecified atom stereocenters. The van der Waals surface area contributed by atoms with E-state index in [0.29, 0.717) is 116 Å². The van der Waals surface area contributed by atoms with E-state index in [1.165, 1.54) is 26.3 Å². The summed E-state index contributed by atoms with van der Waals surface area (Å²) in [4.78, 5) is 107. The van der Waals surface area contributed by atoms with Crippen LogP contribution in [0.25, 0.3) is 0 Å². The molecular formula is C56H80O25. The van der Waals surface area contributed by atoms with Crippen LogP contribution in [0.2, 0.25) is 0 Å². The number of carbonyl (C=O) groups excluding carboxylic acids is 10. The minimum atomic E-state index is -1.29. The molecule has 8 heterocycles. The number of aliphatic hydroxyl groups excluding tert-OH is 2. The van der Waals surface area contributed by atoms with Crippen LogP contribution in [-0.2, 0) is 116 Å². The van der Waals surface area contributed by atoms with E-state index in [2.05, 4.69) is 38.0 Å². The number of benzene rings is 1. The van der Waals surface area contributed by atoms with E-state index in [4.69, 9.17) is 52.8 Å². The minimum absolute atomic E-state index is 0.0284. The molecule has 8 aliphatic rings. The van der Waals surface area contributed by atoms with Gasteiger partial charge in [0.1, 0.15) is 11.5 Å². The van der Waals surface area contributed by atoms with Gasteiger partial charge in [-0.15, -0.1) is 0 Å². The zero-order valence-corrected chi connectivity index (χ0v) is 46.8. The summed E-state index contributed by atoms with van der Waals surface area (Å²) in [5.41, 5.74) is -0.106. The largest absolute Gasteiger partial charge is 0.466 e. The van der Waals surface area contributed by atoms with Gasteiger partial charge < -0.3 is 71.8 Å². The van der Waals surface area contributed by atoms with E-state index in [0.717, 1.165) is 32.1 Å². The van der Waals surface area contributed by atoms with Crippen molar-refractivity contribution in [1.82, 2.24) is 0 Å². The van der Waals surface area contributed by atoms with Crippen LogP contribution in [0, 0.1) is 17.3 Å². The fraction of sp³-hybridized carbons (Fsp3) is 0.679. The molecule has 7 saturated heterocycles. The molecule has 1 spiro atoms. The van der Waals surface area contributed by atoms with Crippen LogP contribution in [0.3, 0.4) is 0 Å². The molecule has 0 saturated carbocycles. The van der Waals surface area contributed by atoms with Crippen molar-refractivity contribution >= 4 is 59.7 Å². The van der Waals surface area contributed by atoms with Crippen molar-refractivity contribution in [3.05, 3.63) is 48.0 Å². The Labute approximate surface area is 471 Å². The van der Waals surface area contributed by atoms with Crippen molar-refractivity contribution in [3.63, 3.8) is 0 Å². The van der Waals surface area contributed by atoms with Gasteiger partial charge in [-0.2, -0.15) is 0 Å². The summed E-state index contributed by atoms with van der Waals surface area (Å²) in [5, 5.41) is 18.1. The number of rotatable bonds is 8. The van der Waals surface area contributed by atoms with Crippen LogP contribution in [0.4, 0.5) is 0 Å². The van der Waals surface area contributed by atoms with Gasteiger partial charge in [0.05, 0.1) is 78.9 Å². The first-order chi connectivity index (χ1) is 38.7. The van der Waals surface area contributed by atoms with Crippen LogP contribution in [0.5, 0.6) is 0 Å². The Morgan fingerprint density at radius 3 is 1.69 bits per heavy atom. The SMILES string of the molecule is CC(CO)(CO)C(=O)OC1CCOC(=O)CC1.CC1CCOC(=O)CC1.CC1OC(=O)C(C)OC1=O.O=C1CC=CCCO1.O=C1CCC(COCc2ccccc2)CCO1.O=C1CCC2(CCO1)OCCO2.O=C1COC(=O)CO1. The summed E-state index contributed by atoms with van der Waals surface area (Å²) >= 11 is 0. The molecule has 81 heavy (non-hydrogen) atoms. The Kier molecular flexibility index (Phi) is 32.4. The molecule has 1 aromatic carbocycles.